The van der Waals surface area contributed by atoms with E-state index in [1.54, 1.807) is 12.1 Å². The Morgan fingerprint density at radius 1 is 1.18 bits per heavy atom. The molecule has 1 aromatic carbocycles. The first-order valence-electron chi connectivity index (χ1n) is 7.93. The molecule has 22 heavy (non-hydrogen) atoms. The van der Waals surface area contributed by atoms with Gasteiger partial charge in [0.15, 0.2) is 0 Å². The van der Waals surface area contributed by atoms with E-state index in [9.17, 15) is 14.7 Å². The zero-order valence-corrected chi connectivity index (χ0v) is 12.6. The molecule has 0 aromatic heterocycles. The number of carbonyl (C=O) groups is 2. The van der Waals surface area contributed by atoms with Gasteiger partial charge < -0.3 is 10.8 Å². The second kappa shape index (κ2) is 6.08. The van der Waals surface area contributed by atoms with Crippen molar-refractivity contribution in [1.82, 2.24) is 4.90 Å². The first-order chi connectivity index (χ1) is 10.6. The minimum absolute atomic E-state index is 0.380. The SMILES string of the molecule is NC(=O)c1ccc(CN2C(C(=O)O)CC3CCCCC32)cc1. The molecule has 3 rings (SSSR count). The Morgan fingerprint density at radius 3 is 2.50 bits per heavy atom. The number of aliphatic carboxylic acids is 1. The molecular weight excluding hydrogens is 280 g/mol. The van der Waals surface area contributed by atoms with E-state index in [0.717, 1.165) is 24.8 Å². The molecule has 0 radical (unpaired) electrons. The van der Waals surface area contributed by atoms with Gasteiger partial charge in [0.05, 0.1) is 0 Å². The summed E-state index contributed by atoms with van der Waals surface area (Å²) in [7, 11) is 0. The van der Waals surface area contributed by atoms with Crippen LogP contribution in [0.5, 0.6) is 0 Å². The molecule has 2 aliphatic rings. The van der Waals surface area contributed by atoms with Crippen LogP contribution in [0.2, 0.25) is 0 Å². The van der Waals surface area contributed by atoms with Crippen LogP contribution in [0.1, 0.15) is 48.0 Å². The number of carbonyl (C=O) groups excluding carboxylic acids is 1. The van der Waals surface area contributed by atoms with E-state index in [1.165, 1.54) is 12.8 Å². The van der Waals surface area contributed by atoms with Gasteiger partial charge in [-0.05, 0) is 42.9 Å². The van der Waals surface area contributed by atoms with Gasteiger partial charge in [-0.15, -0.1) is 0 Å². The highest BCUT2D eigenvalue weighted by Crippen LogP contribution is 2.40. The lowest BCUT2D eigenvalue weighted by Gasteiger charge is -2.33. The second-order valence-electron chi connectivity index (χ2n) is 6.44. The molecule has 3 atom stereocenters. The molecule has 1 saturated heterocycles. The third-order valence-corrected chi connectivity index (χ3v) is 5.11. The molecule has 5 heteroatoms. The molecule has 3 N–H and O–H groups in total. The molecule has 5 nitrogen and oxygen atoms in total. The fourth-order valence-corrected chi connectivity index (χ4v) is 4.01. The van der Waals surface area contributed by atoms with E-state index < -0.39 is 11.9 Å². The normalized spacial score (nSPS) is 28.3. The van der Waals surface area contributed by atoms with Gasteiger partial charge in [0, 0.05) is 18.2 Å². The van der Waals surface area contributed by atoms with Crippen molar-refractivity contribution < 1.29 is 14.7 Å². The summed E-state index contributed by atoms with van der Waals surface area (Å²) in [5.74, 6) is -0.647. The Bertz CT molecular complexity index is 570. The predicted molar refractivity (Wildman–Crippen MR) is 82.3 cm³/mol. The van der Waals surface area contributed by atoms with Crippen molar-refractivity contribution in [3.05, 3.63) is 35.4 Å². The first kappa shape index (κ1) is 15.0. The Hall–Kier alpha value is -1.88. The average molecular weight is 302 g/mol. The second-order valence-corrected chi connectivity index (χ2v) is 6.44. The smallest absolute Gasteiger partial charge is 0.320 e. The number of nitrogens with zero attached hydrogens (tertiary/aromatic N) is 1. The van der Waals surface area contributed by atoms with Crippen LogP contribution in [0, 0.1) is 5.92 Å². The lowest BCUT2D eigenvalue weighted by atomic mass is 9.84. The van der Waals surface area contributed by atoms with E-state index in [2.05, 4.69) is 4.90 Å². The fraction of sp³-hybridized carbons (Fsp3) is 0.529. The quantitative estimate of drug-likeness (QED) is 0.891. The highest BCUT2D eigenvalue weighted by Gasteiger charge is 2.44. The molecule has 1 heterocycles. The summed E-state index contributed by atoms with van der Waals surface area (Å²) in [5.41, 5.74) is 6.76. The maximum absolute atomic E-state index is 11.6. The van der Waals surface area contributed by atoms with Crippen LogP contribution < -0.4 is 5.73 Å². The molecule has 0 spiro atoms. The van der Waals surface area contributed by atoms with Gasteiger partial charge >= 0.3 is 5.97 Å². The van der Waals surface area contributed by atoms with Crippen LogP contribution in [0.15, 0.2) is 24.3 Å². The molecule has 1 saturated carbocycles. The van der Waals surface area contributed by atoms with Crippen molar-refractivity contribution in [2.45, 2.75) is 50.7 Å². The van der Waals surface area contributed by atoms with Crippen LogP contribution >= 0.6 is 0 Å². The van der Waals surface area contributed by atoms with Gasteiger partial charge in [-0.1, -0.05) is 25.0 Å². The number of nitrogens with two attached hydrogens (primary N) is 1. The van der Waals surface area contributed by atoms with Crippen LogP contribution in [0.4, 0.5) is 0 Å². The number of carboxylic acid groups (broad SMARTS) is 1. The van der Waals surface area contributed by atoms with E-state index in [-0.39, 0.29) is 6.04 Å². The van der Waals surface area contributed by atoms with Gasteiger partial charge in [-0.25, -0.2) is 0 Å². The first-order valence-corrected chi connectivity index (χ1v) is 7.93. The molecule has 1 amide bonds. The maximum Gasteiger partial charge on any atom is 0.320 e. The zero-order valence-electron chi connectivity index (χ0n) is 12.6. The van der Waals surface area contributed by atoms with Crippen molar-refractivity contribution in [2.75, 3.05) is 0 Å². The van der Waals surface area contributed by atoms with Gasteiger partial charge in [0.1, 0.15) is 6.04 Å². The lowest BCUT2D eigenvalue weighted by Crippen LogP contribution is -2.41. The van der Waals surface area contributed by atoms with Gasteiger partial charge in [-0.2, -0.15) is 0 Å². The molecule has 0 bridgehead atoms. The fourth-order valence-electron chi connectivity index (χ4n) is 4.01. The number of carboxylic acids is 1. The standard InChI is InChI=1S/C17H22N2O3/c18-16(20)12-7-5-11(6-8-12)10-19-14-4-2-1-3-13(14)9-15(19)17(21)22/h5-8,13-15H,1-4,9-10H2,(H2,18,20)(H,21,22). The van der Waals surface area contributed by atoms with Crippen LogP contribution in [0.3, 0.4) is 0 Å². The number of amides is 1. The number of fused-ring (bicyclic) bond motifs is 1. The van der Waals surface area contributed by atoms with Crippen LogP contribution in [-0.4, -0.2) is 34.0 Å². The van der Waals surface area contributed by atoms with Crippen molar-refractivity contribution in [3.8, 4) is 0 Å². The van der Waals surface area contributed by atoms with Crippen LogP contribution in [0.25, 0.3) is 0 Å². The maximum atomic E-state index is 11.6. The van der Waals surface area contributed by atoms with E-state index in [1.807, 2.05) is 12.1 Å². The summed E-state index contributed by atoms with van der Waals surface area (Å²) < 4.78 is 0. The van der Waals surface area contributed by atoms with Gasteiger partial charge in [-0.3, -0.25) is 14.5 Å². The Balaban J connectivity index is 1.78. The predicted octanol–water partition coefficient (Wildman–Crippen LogP) is 2.00. The number of benzene rings is 1. The number of hydrogen-bond acceptors (Lipinski definition) is 3. The molecular formula is C17H22N2O3. The number of rotatable bonds is 4. The van der Waals surface area contributed by atoms with E-state index >= 15 is 0 Å². The molecule has 1 aliphatic heterocycles. The molecule has 2 fully saturated rings. The lowest BCUT2D eigenvalue weighted by molar-refractivity contribution is -0.142. The number of hydrogen-bond donors (Lipinski definition) is 2. The van der Waals surface area contributed by atoms with Crippen molar-refractivity contribution in [2.24, 2.45) is 11.7 Å². The van der Waals surface area contributed by atoms with Gasteiger partial charge in [0.2, 0.25) is 5.91 Å². The van der Waals surface area contributed by atoms with Crippen molar-refractivity contribution in [3.63, 3.8) is 0 Å². The van der Waals surface area contributed by atoms with Crippen LogP contribution in [-0.2, 0) is 11.3 Å². The Labute approximate surface area is 130 Å². The highest BCUT2D eigenvalue weighted by molar-refractivity contribution is 5.92. The summed E-state index contributed by atoms with van der Waals surface area (Å²) >= 11 is 0. The summed E-state index contributed by atoms with van der Waals surface area (Å²) in [6, 6.07) is 7.16. The summed E-state index contributed by atoms with van der Waals surface area (Å²) in [6.07, 6.45) is 5.40. The molecule has 1 aliphatic carbocycles. The monoisotopic (exact) mass is 302 g/mol. The largest absolute Gasteiger partial charge is 0.480 e. The van der Waals surface area contributed by atoms with Gasteiger partial charge in [0.25, 0.3) is 0 Å². The summed E-state index contributed by atoms with van der Waals surface area (Å²) in [6.45, 7) is 0.622. The third kappa shape index (κ3) is 2.86. The van der Waals surface area contributed by atoms with Crippen molar-refractivity contribution >= 4 is 11.9 Å². The van der Waals surface area contributed by atoms with E-state index in [0.29, 0.717) is 24.1 Å². The number of likely N-dealkylation sites (tertiary alicyclic amines) is 1. The minimum Gasteiger partial charge on any atom is -0.480 e. The van der Waals surface area contributed by atoms with E-state index in [4.69, 9.17) is 5.73 Å². The Kier molecular flexibility index (Phi) is 4.16. The average Bonchev–Trinajstić information content (AvgIpc) is 2.87. The number of primary amides is 1. The topological polar surface area (TPSA) is 83.6 Å². The molecule has 1 aromatic rings. The molecule has 118 valence electrons. The highest BCUT2D eigenvalue weighted by atomic mass is 16.4. The third-order valence-electron chi connectivity index (χ3n) is 5.11. The molecule has 3 unspecified atom stereocenters. The Morgan fingerprint density at radius 2 is 1.86 bits per heavy atom. The minimum atomic E-state index is -0.719. The summed E-state index contributed by atoms with van der Waals surface area (Å²) in [4.78, 5) is 24.9. The summed E-state index contributed by atoms with van der Waals surface area (Å²) in [5, 5.41) is 9.52. The zero-order chi connectivity index (χ0) is 15.7. The van der Waals surface area contributed by atoms with Crippen molar-refractivity contribution in [1.29, 1.82) is 0 Å².